The van der Waals surface area contributed by atoms with Crippen molar-refractivity contribution in [3.05, 3.63) is 59.7 Å². The van der Waals surface area contributed by atoms with Crippen LogP contribution in [-0.2, 0) is 21.2 Å². The van der Waals surface area contributed by atoms with E-state index in [4.69, 9.17) is 0 Å². The zero-order chi connectivity index (χ0) is 21.8. The van der Waals surface area contributed by atoms with Crippen LogP contribution in [0.15, 0.2) is 53.4 Å². The second-order valence-corrected chi connectivity index (χ2v) is 8.65. The highest BCUT2D eigenvalue weighted by molar-refractivity contribution is 7.89. The molecule has 3 rings (SSSR count). The quantitative estimate of drug-likeness (QED) is 0.688. The number of rotatable bonds is 7. The maximum Gasteiger partial charge on any atom is 0.573 e. The van der Waals surface area contributed by atoms with Gasteiger partial charge in [-0.3, -0.25) is 4.79 Å². The Kier molecular flexibility index (Phi) is 6.67. The van der Waals surface area contributed by atoms with Crippen LogP contribution >= 0.6 is 0 Å². The minimum Gasteiger partial charge on any atom is -0.406 e. The number of benzene rings is 2. The van der Waals surface area contributed by atoms with E-state index in [2.05, 4.69) is 14.8 Å². The van der Waals surface area contributed by atoms with Crippen molar-refractivity contribution in [2.24, 2.45) is 0 Å². The Bertz CT molecular complexity index is 992. The number of hydrogen-bond acceptors (Lipinski definition) is 4. The molecule has 1 aliphatic carbocycles. The van der Waals surface area contributed by atoms with Gasteiger partial charge in [0.1, 0.15) is 5.75 Å². The summed E-state index contributed by atoms with van der Waals surface area (Å²) < 4.78 is 67.0. The summed E-state index contributed by atoms with van der Waals surface area (Å²) in [5.74, 6) is -0.804. The van der Waals surface area contributed by atoms with Crippen LogP contribution in [0.5, 0.6) is 5.75 Å². The van der Waals surface area contributed by atoms with Crippen LogP contribution in [-0.4, -0.2) is 27.2 Å². The van der Waals surface area contributed by atoms with Crippen LogP contribution in [0.4, 0.5) is 13.2 Å². The minimum atomic E-state index is -4.86. The molecule has 0 saturated carbocycles. The second-order valence-electron chi connectivity index (χ2n) is 6.88. The molecule has 0 aliphatic heterocycles. The van der Waals surface area contributed by atoms with Crippen molar-refractivity contribution >= 4 is 15.9 Å². The summed E-state index contributed by atoms with van der Waals surface area (Å²) in [5, 5.41) is 2.93. The van der Waals surface area contributed by atoms with Crippen molar-refractivity contribution in [3.8, 4) is 5.75 Å². The molecule has 0 bridgehead atoms. The molecule has 30 heavy (non-hydrogen) atoms. The van der Waals surface area contributed by atoms with Gasteiger partial charge in [-0.15, -0.1) is 13.2 Å². The third-order valence-electron chi connectivity index (χ3n) is 4.72. The minimum absolute atomic E-state index is 0.0623. The van der Waals surface area contributed by atoms with E-state index in [0.717, 1.165) is 49.1 Å². The van der Waals surface area contributed by atoms with E-state index >= 15 is 0 Å². The van der Waals surface area contributed by atoms with Crippen molar-refractivity contribution in [2.45, 2.75) is 43.0 Å². The zero-order valence-electron chi connectivity index (χ0n) is 15.9. The standard InChI is InChI=1S/C20H21F3N2O4S/c21-20(22,23)29-15-8-10-16(11-9-15)30(27,28)24-13-12-19(26)25-18-7-3-5-14-4-1-2-6-17(14)18/h1-2,4,6,8-11,18,24H,3,5,7,12-13H2,(H,25,26)/t18-/m0/s1. The predicted molar refractivity (Wildman–Crippen MR) is 103 cm³/mol. The number of halogens is 3. The lowest BCUT2D eigenvalue weighted by Gasteiger charge is -2.26. The van der Waals surface area contributed by atoms with E-state index in [1.807, 2.05) is 24.3 Å². The van der Waals surface area contributed by atoms with Gasteiger partial charge in [-0.1, -0.05) is 24.3 Å². The molecule has 10 heteroatoms. The third-order valence-corrected chi connectivity index (χ3v) is 6.19. The predicted octanol–water partition coefficient (Wildman–Crippen LogP) is 3.45. The largest absolute Gasteiger partial charge is 0.573 e. The number of carbonyl (C=O) groups is 1. The molecule has 0 spiro atoms. The topological polar surface area (TPSA) is 84.5 Å². The number of hydrogen-bond donors (Lipinski definition) is 2. The van der Waals surface area contributed by atoms with Crippen LogP contribution in [0.1, 0.15) is 36.4 Å². The molecule has 0 unspecified atom stereocenters. The summed E-state index contributed by atoms with van der Waals surface area (Å²) in [6.07, 6.45) is -2.17. The first-order chi connectivity index (χ1) is 14.1. The summed E-state index contributed by atoms with van der Waals surface area (Å²) in [6.45, 7) is -0.136. The van der Waals surface area contributed by atoms with E-state index in [0.29, 0.717) is 0 Å². The molecule has 1 aliphatic rings. The molecular formula is C20H21F3N2O4S. The Morgan fingerprint density at radius 1 is 1.10 bits per heavy atom. The van der Waals surface area contributed by atoms with Gasteiger partial charge in [0.15, 0.2) is 0 Å². The number of ether oxygens (including phenoxy) is 1. The van der Waals surface area contributed by atoms with Crippen LogP contribution in [0, 0.1) is 0 Å². The summed E-state index contributed by atoms with van der Waals surface area (Å²) in [5.41, 5.74) is 2.28. The van der Waals surface area contributed by atoms with Crippen LogP contribution < -0.4 is 14.8 Å². The number of alkyl halides is 3. The molecule has 6 nitrogen and oxygen atoms in total. The lowest BCUT2D eigenvalue weighted by molar-refractivity contribution is -0.274. The molecule has 0 heterocycles. The number of carbonyl (C=O) groups excluding carboxylic acids is 1. The summed E-state index contributed by atoms with van der Waals surface area (Å²) >= 11 is 0. The maximum absolute atomic E-state index is 12.3. The van der Waals surface area contributed by atoms with Gasteiger partial charge in [0.25, 0.3) is 0 Å². The molecule has 2 N–H and O–H groups in total. The van der Waals surface area contributed by atoms with Crippen LogP contribution in [0.3, 0.4) is 0 Å². The highest BCUT2D eigenvalue weighted by Gasteiger charge is 2.31. The number of fused-ring (bicyclic) bond motifs is 1. The van der Waals surface area contributed by atoms with Gasteiger partial charge in [-0.25, -0.2) is 13.1 Å². The number of aryl methyl sites for hydroxylation is 1. The van der Waals surface area contributed by atoms with E-state index in [1.165, 1.54) is 5.56 Å². The first-order valence-corrected chi connectivity index (χ1v) is 10.8. The SMILES string of the molecule is O=C(CCNS(=O)(=O)c1ccc(OC(F)(F)F)cc1)N[C@H]1CCCc2ccccc21. The lowest BCUT2D eigenvalue weighted by atomic mass is 9.88. The average Bonchev–Trinajstić information content (AvgIpc) is 2.67. The number of sulfonamides is 1. The normalized spacial score (nSPS) is 16.6. The smallest absolute Gasteiger partial charge is 0.406 e. The van der Waals surface area contributed by atoms with Gasteiger partial charge < -0.3 is 10.1 Å². The molecule has 0 fully saturated rings. The van der Waals surface area contributed by atoms with Crippen LogP contribution in [0.25, 0.3) is 0 Å². The first-order valence-electron chi connectivity index (χ1n) is 9.37. The third kappa shape index (κ3) is 5.96. The fraction of sp³-hybridized carbons (Fsp3) is 0.350. The number of amides is 1. The summed E-state index contributed by atoms with van der Waals surface area (Å²) in [7, 11) is -3.96. The summed E-state index contributed by atoms with van der Waals surface area (Å²) in [6, 6.07) is 11.6. The highest BCUT2D eigenvalue weighted by atomic mass is 32.2. The van der Waals surface area contributed by atoms with Crippen molar-refractivity contribution in [1.29, 1.82) is 0 Å². The fourth-order valence-electron chi connectivity index (χ4n) is 3.37. The van der Waals surface area contributed by atoms with Crippen molar-refractivity contribution in [2.75, 3.05) is 6.54 Å². The van der Waals surface area contributed by atoms with E-state index < -0.39 is 22.1 Å². The molecule has 0 radical (unpaired) electrons. The summed E-state index contributed by atoms with van der Waals surface area (Å²) in [4.78, 5) is 12.0. The molecule has 1 atom stereocenters. The van der Waals surface area contributed by atoms with Gasteiger partial charge in [0, 0.05) is 13.0 Å². The van der Waals surface area contributed by atoms with Crippen molar-refractivity contribution < 1.29 is 31.1 Å². The van der Waals surface area contributed by atoms with Gasteiger partial charge in [-0.2, -0.15) is 0 Å². The Balaban J connectivity index is 1.51. The Labute approximate surface area is 172 Å². The van der Waals surface area contributed by atoms with Crippen molar-refractivity contribution in [1.82, 2.24) is 10.0 Å². The van der Waals surface area contributed by atoms with E-state index in [1.54, 1.807) is 0 Å². The molecule has 2 aromatic rings. The Morgan fingerprint density at radius 3 is 2.50 bits per heavy atom. The number of nitrogens with one attached hydrogen (secondary N) is 2. The molecule has 2 aromatic carbocycles. The molecule has 162 valence electrons. The molecule has 1 amide bonds. The maximum atomic E-state index is 12.3. The van der Waals surface area contributed by atoms with Gasteiger partial charge in [-0.05, 0) is 54.7 Å². The molecular weight excluding hydrogens is 421 g/mol. The van der Waals surface area contributed by atoms with Gasteiger partial charge in [0.2, 0.25) is 15.9 Å². The monoisotopic (exact) mass is 442 g/mol. The van der Waals surface area contributed by atoms with E-state index in [-0.39, 0.29) is 29.8 Å². The fourth-order valence-corrected chi connectivity index (χ4v) is 4.40. The lowest BCUT2D eigenvalue weighted by Crippen LogP contribution is -2.34. The van der Waals surface area contributed by atoms with E-state index in [9.17, 15) is 26.4 Å². The molecule has 0 aromatic heterocycles. The van der Waals surface area contributed by atoms with Gasteiger partial charge >= 0.3 is 6.36 Å². The van der Waals surface area contributed by atoms with Crippen LogP contribution in [0.2, 0.25) is 0 Å². The Hall–Kier alpha value is -2.59. The zero-order valence-corrected chi connectivity index (χ0v) is 16.7. The second kappa shape index (κ2) is 9.05. The Morgan fingerprint density at radius 2 is 1.80 bits per heavy atom. The highest BCUT2D eigenvalue weighted by Crippen LogP contribution is 2.29. The molecule has 0 saturated heterocycles. The first kappa shape index (κ1) is 22.1. The average molecular weight is 442 g/mol. The van der Waals surface area contributed by atoms with Crippen molar-refractivity contribution in [3.63, 3.8) is 0 Å². The van der Waals surface area contributed by atoms with Gasteiger partial charge in [0.05, 0.1) is 10.9 Å².